The van der Waals surface area contributed by atoms with Crippen molar-refractivity contribution in [3.05, 3.63) is 99.3 Å². The number of phenolic OH excluding ortho intramolecular Hbond substituents is 2. The van der Waals surface area contributed by atoms with E-state index in [0.29, 0.717) is 32.9 Å². The molecule has 0 aliphatic rings. The number of carbonyl (C=O) groups is 1. The molecule has 8 heteroatoms. The van der Waals surface area contributed by atoms with Crippen molar-refractivity contribution in [2.45, 2.75) is 0 Å². The number of rotatable bonds is 7. The summed E-state index contributed by atoms with van der Waals surface area (Å²) < 4.78 is 12.3. The highest BCUT2D eigenvalue weighted by molar-refractivity contribution is 9.10. The third-order valence-electron chi connectivity index (χ3n) is 5.35. The smallest absolute Gasteiger partial charge is 0.279 e. The number of phenols is 2. The molecule has 0 unspecified atom stereocenters. The topological polar surface area (TPSA) is 93.8 Å². The van der Waals surface area contributed by atoms with Crippen LogP contribution < -0.4 is 9.47 Å². The van der Waals surface area contributed by atoms with Crippen molar-refractivity contribution in [2.24, 2.45) is 0 Å². The van der Waals surface area contributed by atoms with Gasteiger partial charge >= 0.3 is 0 Å². The molecular weight excluding hydrogens is 524 g/mol. The number of halogens is 1. The standard InChI is InChI=1S/C28H23BrN2O5/c1-35-26-15-18(9-13-24(26)32)7-11-20-17-21(12-8-19-10-14-25(33)27(16-19)36-2)31(30-20)28(34)22-5-3-4-6-23(22)29/h3-17,32-33H,1-2H3/b11-7+,12-8+. The Labute approximate surface area is 216 Å². The first-order valence-corrected chi connectivity index (χ1v) is 11.7. The first-order valence-electron chi connectivity index (χ1n) is 10.9. The first-order chi connectivity index (χ1) is 17.4. The number of carbonyl (C=O) groups excluding carboxylic acids is 1. The number of hydrogen-bond acceptors (Lipinski definition) is 6. The van der Waals surface area contributed by atoms with Gasteiger partial charge in [-0.15, -0.1) is 0 Å². The van der Waals surface area contributed by atoms with E-state index in [1.807, 2.05) is 12.1 Å². The van der Waals surface area contributed by atoms with E-state index in [1.165, 1.54) is 18.9 Å². The second kappa shape index (κ2) is 11.0. The molecule has 0 saturated heterocycles. The van der Waals surface area contributed by atoms with Gasteiger partial charge in [0.05, 0.1) is 31.2 Å². The van der Waals surface area contributed by atoms with Gasteiger partial charge in [-0.3, -0.25) is 4.79 Å². The number of hydrogen-bond donors (Lipinski definition) is 2. The third-order valence-corrected chi connectivity index (χ3v) is 6.04. The summed E-state index contributed by atoms with van der Waals surface area (Å²) in [5, 5.41) is 24.2. The quantitative estimate of drug-likeness (QED) is 0.290. The minimum Gasteiger partial charge on any atom is -0.504 e. The number of aromatic hydroxyl groups is 2. The van der Waals surface area contributed by atoms with E-state index in [4.69, 9.17) is 9.47 Å². The van der Waals surface area contributed by atoms with Crippen LogP contribution >= 0.6 is 15.9 Å². The molecule has 0 amide bonds. The van der Waals surface area contributed by atoms with E-state index >= 15 is 0 Å². The van der Waals surface area contributed by atoms with Crippen LogP contribution in [0.3, 0.4) is 0 Å². The molecule has 1 heterocycles. The molecule has 0 fully saturated rings. The predicted octanol–water partition coefficient (Wildman–Crippen LogP) is 6.10. The first kappa shape index (κ1) is 24.8. The molecule has 1 aromatic heterocycles. The highest BCUT2D eigenvalue weighted by Crippen LogP contribution is 2.28. The van der Waals surface area contributed by atoms with Gasteiger partial charge in [-0.25, -0.2) is 0 Å². The van der Waals surface area contributed by atoms with Crippen molar-refractivity contribution in [1.29, 1.82) is 0 Å². The highest BCUT2D eigenvalue weighted by atomic mass is 79.9. The summed E-state index contributed by atoms with van der Waals surface area (Å²) in [6, 6.07) is 18.9. The monoisotopic (exact) mass is 546 g/mol. The third kappa shape index (κ3) is 5.50. The van der Waals surface area contributed by atoms with Gasteiger partial charge in [0.1, 0.15) is 0 Å². The lowest BCUT2D eigenvalue weighted by Gasteiger charge is -2.06. The van der Waals surface area contributed by atoms with Crippen molar-refractivity contribution in [1.82, 2.24) is 9.78 Å². The molecule has 0 aliphatic carbocycles. The van der Waals surface area contributed by atoms with Crippen LogP contribution in [-0.4, -0.2) is 40.1 Å². The lowest BCUT2D eigenvalue weighted by molar-refractivity contribution is 0.0943. The van der Waals surface area contributed by atoms with Crippen molar-refractivity contribution in [3.63, 3.8) is 0 Å². The van der Waals surface area contributed by atoms with Crippen LogP contribution in [0.4, 0.5) is 0 Å². The lowest BCUT2D eigenvalue weighted by atomic mass is 10.1. The Balaban J connectivity index is 1.72. The summed E-state index contributed by atoms with van der Waals surface area (Å²) in [7, 11) is 2.97. The van der Waals surface area contributed by atoms with Crippen LogP contribution in [0, 0.1) is 0 Å². The number of methoxy groups -OCH3 is 2. The molecule has 0 saturated carbocycles. The van der Waals surface area contributed by atoms with Crippen LogP contribution in [0.2, 0.25) is 0 Å². The van der Waals surface area contributed by atoms with Crippen LogP contribution in [-0.2, 0) is 0 Å². The summed E-state index contributed by atoms with van der Waals surface area (Å²) in [6.45, 7) is 0. The van der Waals surface area contributed by atoms with Crippen molar-refractivity contribution in [3.8, 4) is 23.0 Å². The Bertz CT molecular complexity index is 1470. The van der Waals surface area contributed by atoms with Crippen LogP contribution in [0.1, 0.15) is 32.9 Å². The molecule has 2 N–H and O–H groups in total. The van der Waals surface area contributed by atoms with Gasteiger partial charge in [0.25, 0.3) is 5.91 Å². The number of nitrogens with zero attached hydrogens (tertiary/aromatic N) is 2. The Morgan fingerprint density at radius 2 is 1.42 bits per heavy atom. The van der Waals surface area contributed by atoms with Gasteiger partial charge < -0.3 is 19.7 Å². The van der Waals surface area contributed by atoms with Gasteiger partial charge in [-0.05, 0) is 81.7 Å². The molecule has 36 heavy (non-hydrogen) atoms. The van der Waals surface area contributed by atoms with E-state index in [9.17, 15) is 15.0 Å². The maximum Gasteiger partial charge on any atom is 0.279 e. The second-order valence-corrected chi connectivity index (χ2v) is 8.57. The fourth-order valence-electron chi connectivity index (χ4n) is 3.49. The molecule has 0 atom stereocenters. The van der Waals surface area contributed by atoms with Crippen LogP contribution in [0.15, 0.2) is 71.2 Å². The molecule has 0 spiro atoms. The Morgan fingerprint density at radius 1 is 0.833 bits per heavy atom. The normalized spacial score (nSPS) is 11.3. The molecule has 4 aromatic rings. The average molecular weight is 547 g/mol. The summed E-state index contributed by atoms with van der Waals surface area (Å²) in [5.74, 6) is 0.511. The molecule has 0 radical (unpaired) electrons. The molecule has 0 aliphatic heterocycles. The largest absolute Gasteiger partial charge is 0.504 e. The zero-order valence-electron chi connectivity index (χ0n) is 19.6. The molecule has 182 valence electrons. The van der Waals surface area contributed by atoms with Crippen molar-refractivity contribution in [2.75, 3.05) is 14.2 Å². The van der Waals surface area contributed by atoms with E-state index < -0.39 is 0 Å². The van der Waals surface area contributed by atoms with E-state index in [1.54, 1.807) is 78.9 Å². The maximum atomic E-state index is 13.4. The number of ether oxygens (including phenoxy) is 2. The zero-order chi connectivity index (χ0) is 25.7. The van der Waals surface area contributed by atoms with Gasteiger partial charge in [0.2, 0.25) is 0 Å². The molecule has 4 rings (SSSR count). The predicted molar refractivity (Wildman–Crippen MR) is 143 cm³/mol. The summed E-state index contributed by atoms with van der Waals surface area (Å²) >= 11 is 3.44. The SMILES string of the molecule is COc1cc(/C=C/c2cc(/C=C/c3ccc(O)c(OC)c3)n(C(=O)c3ccccc3Br)n2)ccc1O. The van der Waals surface area contributed by atoms with Gasteiger partial charge in [0, 0.05) is 4.47 Å². The Morgan fingerprint density at radius 3 is 2.00 bits per heavy atom. The summed E-state index contributed by atoms with van der Waals surface area (Å²) in [4.78, 5) is 13.4. The van der Waals surface area contributed by atoms with Crippen LogP contribution in [0.25, 0.3) is 24.3 Å². The van der Waals surface area contributed by atoms with Gasteiger partial charge in [-0.2, -0.15) is 9.78 Å². The minimum absolute atomic E-state index is 0.0436. The molecule has 3 aromatic carbocycles. The fourth-order valence-corrected chi connectivity index (χ4v) is 3.94. The van der Waals surface area contributed by atoms with Crippen LogP contribution in [0.5, 0.6) is 23.0 Å². The summed E-state index contributed by atoms with van der Waals surface area (Å²) in [6.07, 6.45) is 7.17. The fraction of sp³-hybridized carbons (Fsp3) is 0.0714. The second-order valence-electron chi connectivity index (χ2n) is 7.72. The molecule has 7 nitrogen and oxygen atoms in total. The van der Waals surface area contributed by atoms with E-state index in [2.05, 4.69) is 21.0 Å². The van der Waals surface area contributed by atoms with Gasteiger partial charge in [-0.1, -0.05) is 36.4 Å². The van der Waals surface area contributed by atoms with Gasteiger partial charge in [0.15, 0.2) is 23.0 Å². The van der Waals surface area contributed by atoms with Crippen molar-refractivity contribution < 1.29 is 24.5 Å². The minimum atomic E-state index is -0.295. The van der Waals surface area contributed by atoms with Crippen molar-refractivity contribution >= 4 is 46.1 Å². The number of benzene rings is 3. The zero-order valence-corrected chi connectivity index (χ0v) is 21.1. The summed E-state index contributed by atoms with van der Waals surface area (Å²) in [5.41, 5.74) is 3.17. The molecule has 0 bridgehead atoms. The molecular formula is C28H23BrN2O5. The Kier molecular flexibility index (Phi) is 7.56. The van der Waals surface area contributed by atoms with E-state index in [-0.39, 0.29) is 17.4 Å². The van der Waals surface area contributed by atoms with E-state index in [0.717, 1.165) is 11.1 Å². The maximum absolute atomic E-state index is 13.4. The Hall–Kier alpha value is -4.30. The highest BCUT2D eigenvalue weighted by Gasteiger charge is 2.16. The number of aromatic nitrogens is 2. The lowest BCUT2D eigenvalue weighted by Crippen LogP contribution is -2.15. The average Bonchev–Trinajstić information content (AvgIpc) is 3.30.